The topological polar surface area (TPSA) is 56.8 Å². The van der Waals surface area contributed by atoms with E-state index in [0.717, 1.165) is 43.3 Å². The summed E-state index contributed by atoms with van der Waals surface area (Å²) in [5.74, 6) is 1.00. The summed E-state index contributed by atoms with van der Waals surface area (Å²) in [6.45, 7) is 1.09. The van der Waals surface area contributed by atoms with Gasteiger partial charge < -0.3 is 10.2 Å². The van der Waals surface area contributed by atoms with Gasteiger partial charge in [-0.25, -0.2) is 4.98 Å². The van der Waals surface area contributed by atoms with Crippen molar-refractivity contribution in [3.05, 3.63) is 12.2 Å². The lowest BCUT2D eigenvalue weighted by Crippen LogP contribution is -2.47. The Bertz CT molecular complexity index is 349. The lowest BCUT2D eigenvalue weighted by Gasteiger charge is -2.36. The molecule has 0 radical (unpaired) electrons. The van der Waals surface area contributed by atoms with Gasteiger partial charge in [0.15, 0.2) is 0 Å². The number of hydrogen-bond acceptors (Lipinski definition) is 4. The van der Waals surface area contributed by atoms with Gasteiger partial charge in [0.25, 0.3) is 0 Å². The number of fused-ring (bicyclic) bond motifs is 2. The van der Waals surface area contributed by atoms with E-state index in [9.17, 15) is 0 Å². The van der Waals surface area contributed by atoms with E-state index in [0.29, 0.717) is 0 Å². The Morgan fingerprint density at radius 1 is 1.39 bits per heavy atom. The SMILES string of the molecule is CN1C2CCC1CC(NCCCc1ncn[nH]1)C2. The van der Waals surface area contributed by atoms with E-state index < -0.39 is 0 Å². The normalized spacial score (nSPS) is 31.9. The fraction of sp³-hybridized carbons (Fsp3) is 0.846. The lowest BCUT2D eigenvalue weighted by molar-refractivity contribution is 0.149. The molecule has 0 aromatic carbocycles. The molecule has 1 aromatic heterocycles. The van der Waals surface area contributed by atoms with Crippen molar-refractivity contribution in [1.82, 2.24) is 25.4 Å². The third-order valence-corrected chi connectivity index (χ3v) is 4.59. The van der Waals surface area contributed by atoms with E-state index in [2.05, 4.69) is 32.4 Å². The van der Waals surface area contributed by atoms with Gasteiger partial charge in [0.05, 0.1) is 0 Å². The third-order valence-electron chi connectivity index (χ3n) is 4.59. The molecule has 3 rings (SSSR count). The summed E-state index contributed by atoms with van der Waals surface area (Å²) in [5, 5.41) is 10.5. The summed E-state index contributed by atoms with van der Waals surface area (Å²) in [4.78, 5) is 6.73. The van der Waals surface area contributed by atoms with Crippen molar-refractivity contribution in [2.75, 3.05) is 13.6 Å². The van der Waals surface area contributed by atoms with Crippen molar-refractivity contribution in [1.29, 1.82) is 0 Å². The molecule has 5 nitrogen and oxygen atoms in total. The van der Waals surface area contributed by atoms with Crippen molar-refractivity contribution < 1.29 is 0 Å². The number of aromatic nitrogens is 3. The zero-order valence-electron chi connectivity index (χ0n) is 11.1. The molecule has 0 amide bonds. The number of aryl methyl sites for hydroxylation is 1. The van der Waals surface area contributed by atoms with Gasteiger partial charge in [0.1, 0.15) is 12.2 Å². The minimum absolute atomic E-state index is 0.730. The van der Waals surface area contributed by atoms with Crippen LogP contribution in [0.3, 0.4) is 0 Å². The van der Waals surface area contributed by atoms with E-state index in [-0.39, 0.29) is 0 Å². The second-order valence-electron chi connectivity index (χ2n) is 5.71. The Labute approximate surface area is 108 Å². The van der Waals surface area contributed by atoms with E-state index in [1.54, 1.807) is 6.33 Å². The van der Waals surface area contributed by atoms with Crippen LogP contribution in [0.25, 0.3) is 0 Å². The molecule has 2 fully saturated rings. The summed E-state index contributed by atoms with van der Waals surface area (Å²) in [6.07, 6.45) is 9.17. The van der Waals surface area contributed by atoms with Crippen LogP contribution in [0.15, 0.2) is 6.33 Å². The van der Waals surface area contributed by atoms with Crippen LogP contribution in [0.1, 0.15) is 37.9 Å². The molecule has 2 N–H and O–H groups in total. The molecule has 100 valence electrons. The van der Waals surface area contributed by atoms with Crippen LogP contribution in [0.4, 0.5) is 0 Å². The number of piperidine rings is 1. The molecule has 3 heterocycles. The number of hydrogen-bond donors (Lipinski definition) is 2. The van der Waals surface area contributed by atoms with Crippen LogP contribution >= 0.6 is 0 Å². The van der Waals surface area contributed by atoms with Crippen LogP contribution < -0.4 is 5.32 Å². The zero-order valence-corrected chi connectivity index (χ0v) is 11.1. The van der Waals surface area contributed by atoms with Crippen molar-refractivity contribution in [3.8, 4) is 0 Å². The van der Waals surface area contributed by atoms with Gasteiger partial charge >= 0.3 is 0 Å². The third kappa shape index (κ3) is 2.57. The molecule has 2 bridgehead atoms. The molecule has 1 aromatic rings. The fourth-order valence-corrected chi connectivity index (χ4v) is 3.49. The first kappa shape index (κ1) is 12.1. The number of nitrogens with one attached hydrogen (secondary N) is 2. The highest BCUT2D eigenvalue weighted by Crippen LogP contribution is 2.34. The maximum absolute atomic E-state index is 4.14. The summed E-state index contributed by atoms with van der Waals surface area (Å²) in [7, 11) is 2.29. The van der Waals surface area contributed by atoms with E-state index in [1.165, 1.54) is 25.7 Å². The molecule has 18 heavy (non-hydrogen) atoms. The second kappa shape index (κ2) is 5.36. The maximum atomic E-state index is 4.14. The molecule has 2 atom stereocenters. The Morgan fingerprint density at radius 2 is 2.17 bits per heavy atom. The Kier molecular flexibility index (Phi) is 3.61. The monoisotopic (exact) mass is 249 g/mol. The first-order valence-electron chi connectivity index (χ1n) is 7.12. The first-order chi connectivity index (χ1) is 8.83. The molecule has 0 saturated carbocycles. The average Bonchev–Trinajstić information content (AvgIpc) is 2.93. The van der Waals surface area contributed by atoms with Crippen molar-refractivity contribution in [2.24, 2.45) is 0 Å². The Balaban J connectivity index is 1.37. The molecule has 2 aliphatic rings. The largest absolute Gasteiger partial charge is 0.314 e. The minimum atomic E-state index is 0.730. The quantitative estimate of drug-likeness (QED) is 0.763. The molecule has 2 aliphatic heterocycles. The number of nitrogens with zero attached hydrogens (tertiary/aromatic N) is 3. The minimum Gasteiger partial charge on any atom is -0.314 e. The Morgan fingerprint density at radius 3 is 2.83 bits per heavy atom. The van der Waals surface area contributed by atoms with Crippen LogP contribution in [0.2, 0.25) is 0 Å². The van der Waals surface area contributed by atoms with Crippen LogP contribution in [-0.4, -0.2) is 51.8 Å². The first-order valence-corrected chi connectivity index (χ1v) is 7.12. The van der Waals surface area contributed by atoms with Crippen molar-refractivity contribution in [3.63, 3.8) is 0 Å². The highest BCUT2D eigenvalue weighted by atomic mass is 15.2. The van der Waals surface area contributed by atoms with Gasteiger partial charge in [0, 0.05) is 24.5 Å². The van der Waals surface area contributed by atoms with E-state index >= 15 is 0 Å². The predicted octanol–water partition coefficient (Wildman–Crippen LogP) is 0.952. The zero-order chi connectivity index (χ0) is 12.4. The summed E-state index contributed by atoms with van der Waals surface area (Å²) < 4.78 is 0. The van der Waals surface area contributed by atoms with Crippen LogP contribution in [0, 0.1) is 0 Å². The molecule has 5 heteroatoms. The smallest absolute Gasteiger partial charge is 0.137 e. The van der Waals surface area contributed by atoms with Gasteiger partial charge in [0.2, 0.25) is 0 Å². The highest BCUT2D eigenvalue weighted by molar-refractivity contribution is 4.96. The van der Waals surface area contributed by atoms with Gasteiger partial charge in [-0.05, 0) is 45.7 Å². The highest BCUT2D eigenvalue weighted by Gasteiger charge is 2.37. The van der Waals surface area contributed by atoms with Crippen molar-refractivity contribution in [2.45, 2.75) is 56.7 Å². The number of H-pyrrole nitrogens is 1. The molecule has 2 unspecified atom stereocenters. The van der Waals surface area contributed by atoms with Crippen molar-refractivity contribution >= 4 is 0 Å². The maximum Gasteiger partial charge on any atom is 0.137 e. The van der Waals surface area contributed by atoms with Gasteiger partial charge in [-0.3, -0.25) is 5.10 Å². The standard InChI is InChI=1S/C13H23N5/c1-18-11-4-5-12(18)8-10(7-11)14-6-2-3-13-15-9-16-17-13/h9-12,14H,2-8H2,1H3,(H,15,16,17). The fourth-order valence-electron chi connectivity index (χ4n) is 3.49. The molecular formula is C13H23N5. The average molecular weight is 249 g/mol. The summed E-state index contributed by atoms with van der Waals surface area (Å²) in [5.41, 5.74) is 0. The summed E-state index contributed by atoms with van der Waals surface area (Å²) in [6, 6.07) is 2.39. The summed E-state index contributed by atoms with van der Waals surface area (Å²) >= 11 is 0. The molecule has 0 spiro atoms. The van der Waals surface area contributed by atoms with Gasteiger partial charge in [-0.2, -0.15) is 5.10 Å². The van der Waals surface area contributed by atoms with Crippen LogP contribution in [0.5, 0.6) is 0 Å². The van der Waals surface area contributed by atoms with Crippen LogP contribution in [-0.2, 0) is 6.42 Å². The van der Waals surface area contributed by atoms with E-state index in [1.807, 2.05) is 0 Å². The number of rotatable bonds is 5. The van der Waals surface area contributed by atoms with Gasteiger partial charge in [-0.15, -0.1) is 0 Å². The molecular weight excluding hydrogens is 226 g/mol. The number of aromatic amines is 1. The van der Waals surface area contributed by atoms with E-state index in [4.69, 9.17) is 0 Å². The Hall–Kier alpha value is -0.940. The molecule has 0 aliphatic carbocycles. The van der Waals surface area contributed by atoms with Gasteiger partial charge in [-0.1, -0.05) is 0 Å². The second-order valence-corrected chi connectivity index (χ2v) is 5.71. The lowest BCUT2D eigenvalue weighted by atomic mass is 9.98. The molecule has 2 saturated heterocycles. The predicted molar refractivity (Wildman–Crippen MR) is 70.3 cm³/mol.